The van der Waals surface area contributed by atoms with E-state index in [-0.39, 0.29) is 24.9 Å². The third kappa shape index (κ3) is 46.8. The molecule has 6 nitrogen and oxygen atoms in total. The molecule has 3 N–H and O–H groups in total. The molecule has 370 valence electrons. The van der Waals surface area contributed by atoms with Crippen molar-refractivity contribution >= 4 is 11.9 Å². The molecule has 65 heavy (non-hydrogen) atoms. The fraction of sp³-hybridized carbons (Fsp3) is 0.661. The van der Waals surface area contributed by atoms with Crippen LogP contribution in [0.3, 0.4) is 0 Å². The van der Waals surface area contributed by atoms with Crippen LogP contribution in [0.5, 0.6) is 0 Å². The quantitative estimate of drug-likeness (QED) is 0.0245. The van der Waals surface area contributed by atoms with E-state index in [1.807, 2.05) is 60.8 Å². The molecule has 6 heteroatoms. The Morgan fingerprint density at radius 3 is 1.46 bits per heavy atom. The summed E-state index contributed by atoms with van der Waals surface area (Å²) in [6, 6.07) is -0.738. The zero-order chi connectivity index (χ0) is 47.4. The van der Waals surface area contributed by atoms with Crippen molar-refractivity contribution in [3.63, 3.8) is 0 Å². The van der Waals surface area contributed by atoms with Gasteiger partial charge in [0.25, 0.3) is 0 Å². The minimum absolute atomic E-state index is 0.0110. The number of unbranched alkanes of at least 4 members (excludes halogenated alkanes) is 21. The van der Waals surface area contributed by atoms with Crippen LogP contribution >= 0.6 is 0 Å². The number of esters is 1. The molecule has 3 atom stereocenters. The molecular weight excluding hydrogens is 803 g/mol. The van der Waals surface area contributed by atoms with Crippen LogP contribution in [0, 0.1) is 0 Å². The molecule has 3 unspecified atom stereocenters. The van der Waals surface area contributed by atoms with Crippen LogP contribution in [-0.4, -0.2) is 46.9 Å². The molecule has 0 aliphatic carbocycles. The SMILES string of the molecule is CC\C=C/C=C/C=C/C=C\C=C\C=C\CCCC(CC(=O)NC(CO)C(O)CCCCCCCCCCCCCCCCCCC)OC(=O)CCCCCC/C=C/C/C=C/C/C=C/CC. The first-order valence-electron chi connectivity index (χ1n) is 26.7. The largest absolute Gasteiger partial charge is 0.462 e. The summed E-state index contributed by atoms with van der Waals surface area (Å²) in [5.74, 6) is -0.583. The molecule has 0 rings (SSSR count). The summed E-state index contributed by atoms with van der Waals surface area (Å²) in [6.07, 6.45) is 70.1. The lowest BCUT2D eigenvalue weighted by Gasteiger charge is -2.24. The van der Waals surface area contributed by atoms with Crippen molar-refractivity contribution < 1.29 is 24.5 Å². The molecule has 0 saturated heterocycles. The van der Waals surface area contributed by atoms with Crippen molar-refractivity contribution in [2.45, 2.75) is 244 Å². The zero-order valence-corrected chi connectivity index (χ0v) is 42.1. The maximum absolute atomic E-state index is 13.2. The number of allylic oxidation sites excluding steroid dienone is 18. The average molecular weight is 902 g/mol. The lowest BCUT2D eigenvalue weighted by molar-refractivity contribution is -0.151. The maximum atomic E-state index is 13.2. The second-order valence-electron chi connectivity index (χ2n) is 17.7. The topological polar surface area (TPSA) is 95.9 Å². The van der Waals surface area contributed by atoms with Gasteiger partial charge in [-0.2, -0.15) is 0 Å². The maximum Gasteiger partial charge on any atom is 0.306 e. The van der Waals surface area contributed by atoms with E-state index < -0.39 is 18.2 Å². The highest BCUT2D eigenvalue weighted by molar-refractivity contribution is 5.77. The second-order valence-corrected chi connectivity index (χ2v) is 17.7. The number of hydrogen-bond acceptors (Lipinski definition) is 5. The molecule has 0 bridgehead atoms. The molecule has 0 aromatic heterocycles. The molecule has 0 radical (unpaired) electrons. The molecule has 0 saturated carbocycles. The van der Waals surface area contributed by atoms with Crippen molar-refractivity contribution in [2.24, 2.45) is 0 Å². The van der Waals surface area contributed by atoms with Gasteiger partial charge in [0, 0.05) is 6.42 Å². The molecule has 1 amide bonds. The number of aliphatic hydroxyl groups is 2. The van der Waals surface area contributed by atoms with Gasteiger partial charge in [-0.15, -0.1) is 0 Å². The predicted molar refractivity (Wildman–Crippen MR) is 282 cm³/mol. The number of rotatable bonds is 46. The van der Waals surface area contributed by atoms with Crippen LogP contribution in [0.2, 0.25) is 0 Å². The Morgan fingerprint density at radius 2 is 0.923 bits per heavy atom. The highest BCUT2D eigenvalue weighted by atomic mass is 16.5. The monoisotopic (exact) mass is 902 g/mol. The van der Waals surface area contributed by atoms with Gasteiger partial charge in [0.15, 0.2) is 0 Å². The summed E-state index contributed by atoms with van der Waals surface area (Å²) < 4.78 is 5.89. The van der Waals surface area contributed by atoms with Crippen LogP contribution in [-0.2, 0) is 14.3 Å². The first kappa shape index (κ1) is 61.5. The van der Waals surface area contributed by atoms with Crippen molar-refractivity contribution in [2.75, 3.05) is 6.61 Å². The Bertz CT molecular complexity index is 1330. The molecular formula is C59H99NO5. The minimum Gasteiger partial charge on any atom is -0.462 e. The molecule has 0 aliphatic rings. The number of carbonyl (C=O) groups excluding carboxylic acids is 2. The predicted octanol–water partition coefficient (Wildman–Crippen LogP) is 16.3. The van der Waals surface area contributed by atoms with Crippen LogP contribution in [0.25, 0.3) is 0 Å². The number of amides is 1. The van der Waals surface area contributed by atoms with E-state index >= 15 is 0 Å². The van der Waals surface area contributed by atoms with E-state index in [2.05, 4.69) is 74.7 Å². The molecule has 0 spiro atoms. The first-order valence-corrected chi connectivity index (χ1v) is 26.7. The molecule has 0 fully saturated rings. The van der Waals surface area contributed by atoms with Gasteiger partial charge in [-0.05, 0) is 70.6 Å². The fourth-order valence-corrected chi connectivity index (χ4v) is 7.54. The van der Waals surface area contributed by atoms with Crippen molar-refractivity contribution in [1.29, 1.82) is 0 Å². The van der Waals surface area contributed by atoms with E-state index in [0.29, 0.717) is 19.3 Å². The molecule has 0 aliphatic heterocycles. The minimum atomic E-state index is -0.819. The Kier molecular flexibility index (Phi) is 48.7. The Balaban J connectivity index is 4.71. The summed E-state index contributed by atoms with van der Waals surface area (Å²) in [5, 5.41) is 23.8. The molecule has 0 heterocycles. The van der Waals surface area contributed by atoms with Gasteiger partial charge >= 0.3 is 5.97 Å². The van der Waals surface area contributed by atoms with Crippen LogP contribution < -0.4 is 5.32 Å². The van der Waals surface area contributed by atoms with Crippen LogP contribution in [0.1, 0.15) is 226 Å². The van der Waals surface area contributed by atoms with Crippen molar-refractivity contribution in [1.82, 2.24) is 5.32 Å². The third-order valence-corrected chi connectivity index (χ3v) is 11.5. The highest BCUT2D eigenvalue weighted by Gasteiger charge is 2.24. The average Bonchev–Trinajstić information content (AvgIpc) is 3.30. The second kappa shape index (κ2) is 51.5. The van der Waals surface area contributed by atoms with E-state index in [4.69, 9.17) is 4.74 Å². The summed E-state index contributed by atoms with van der Waals surface area (Å²) >= 11 is 0. The Hall–Kier alpha value is -3.48. The number of aliphatic hydroxyl groups excluding tert-OH is 2. The smallest absolute Gasteiger partial charge is 0.306 e. The number of nitrogens with one attached hydrogen (secondary N) is 1. The normalized spacial score (nSPS) is 14.1. The third-order valence-electron chi connectivity index (χ3n) is 11.5. The summed E-state index contributed by atoms with van der Waals surface area (Å²) in [5.41, 5.74) is 0. The Labute approximate surface area is 400 Å². The zero-order valence-electron chi connectivity index (χ0n) is 42.1. The standard InChI is InChI=1S/C59H99NO5/c1-4-7-10-13-16-19-22-25-28-29-31-33-36-39-42-45-48-51-57(62)56(54-61)60-58(63)53-55(50-47-44-41-38-35-32-30-26-23-20-17-14-11-8-5-2)65-59(64)52-49-46-43-40-37-34-27-24-21-18-15-12-9-6-3/h8-9,11-12,14,17-18,20-21,23,26-27,30,32,34-35,38,41,55-57,61-62H,4-7,10,13,15-16,19,22,24-25,28-29,31,33,36-37,39-40,42-54H2,1-3H3,(H,60,63)/b11-8-,12-9+,17-14+,21-18+,23-20+,30-26-,34-27+,35-32+,41-38+. The van der Waals surface area contributed by atoms with Gasteiger partial charge in [0.1, 0.15) is 6.10 Å². The number of hydrogen-bond donors (Lipinski definition) is 3. The highest BCUT2D eigenvalue weighted by Crippen LogP contribution is 2.17. The lowest BCUT2D eigenvalue weighted by atomic mass is 10.0. The van der Waals surface area contributed by atoms with E-state index in [1.54, 1.807) is 0 Å². The molecule has 0 aromatic carbocycles. The first-order chi connectivity index (χ1) is 32.0. The van der Waals surface area contributed by atoms with E-state index in [1.165, 1.54) is 89.9 Å². The Morgan fingerprint density at radius 1 is 0.477 bits per heavy atom. The van der Waals surface area contributed by atoms with Gasteiger partial charge in [0.05, 0.1) is 25.2 Å². The lowest BCUT2D eigenvalue weighted by Crippen LogP contribution is -2.46. The van der Waals surface area contributed by atoms with Gasteiger partial charge in [-0.1, -0.05) is 252 Å². The van der Waals surface area contributed by atoms with Crippen molar-refractivity contribution in [3.8, 4) is 0 Å². The van der Waals surface area contributed by atoms with Gasteiger partial charge in [-0.3, -0.25) is 9.59 Å². The van der Waals surface area contributed by atoms with Crippen LogP contribution in [0.4, 0.5) is 0 Å². The van der Waals surface area contributed by atoms with E-state index in [0.717, 1.165) is 89.9 Å². The van der Waals surface area contributed by atoms with Gasteiger partial charge < -0.3 is 20.3 Å². The molecule has 0 aromatic rings. The van der Waals surface area contributed by atoms with Crippen molar-refractivity contribution in [3.05, 3.63) is 109 Å². The summed E-state index contributed by atoms with van der Waals surface area (Å²) in [6.45, 7) is 6.20. The number of carbonyl (C=O) groups is 2. The summed E-state index contributed by atoms with van der Waals surface area (Å²) in [7, 11) is 0. The van der Waals surface area contributed by atoms with E-state index in [9.17, 15) is 19.8 Å². The van der Waals surface area contributed by atoms with Gasteiger partial charge in [0.2, 0.25) is 5.91 Å². The fourth-order valence-electron chi connectivity index (χ4n) is 7.54. The number of ether oxygens (including phenoxy) is 1. The van der Waals surface area contributed by atoms with Crippen LogP contribution in [0.15, 0.2) is 109 Å². The summed E-state index contributed by atoms with van der Waals surface area (Å²) in [4.78, 5) is 26.2. The van der Waals surface area contributed by atoms with Gasteiger partial charge in [-0.25, -0.2) is 0 Å².